The zero-order valence-corrected chi connectivity index (χ0v) is 19.9. The van der Waals surface area contributed by atoms with Gasteiger partial charge in [0.1, 0.15) is 24.5 Å². The number of hydrogen-bond acceptors (Lipinski definition) is 5. The Labute approximate surface area is 200 Å². The Morgan fingerprint density at radius 1 is 1.21 bits per heavy atom. The second-order valence-electron chi connectivity index (χ2n) is 7.77. The molecule has 4 rings (SSSR count). The van der Waals surface area contributed by atoms with Gasteiger partial charge in [-0.2, -0.15) is 0 Å². The van der Waals surface area contributed by atoms with Gasteiger partial charge >= 0.3 is 0 Å². The topological polar surface area (TPSA) is 69.0 Å². The molecule has 0 radical (unpaired) electrons. The fourth-order valence-corrected chi connectivity index (χ4v) is 4.32. The molecule has 0 saturated heterocycles. The second kappa shape index (κ2) is 9.72. The predicted molar refractivity (Wildman–Crippen MR) is 128 cm³/mol. The summed E-state index contributed by atoms with van der Waals surface area (Å²) in [6.45, 7) is 6.81. The largest absolute Gasteiger partial charge is 0.489 e. The molecular weight excluding hydrogens is 463 g/mol. The Bertz CT molecular complexity index is 1320. The highest BCUT2D eigenvalue weighted by Crippen LogP contribution is 2.25. The van der Waals surface area contributed by atoms with E-state index in [1.165, 1.54) is 40.0 Å². The lowest BCUT2D eigenvalue weighted by atomic mass is 10.1. The average Bonchev–Trinajstić information content (AvgIpc) is 3.41. The summed E-state index contributed by atoms with van der Waals surface area (Å²) in [5.74, 6) is 0.322. The number of ether oxygens (including phenoxy) is 1. The number of benzene rings is 2. The van der Waals surface area contributed by atoms with Gasteiger partial charge in [-0.3, -0.25) is 10.1 Å². The highest BCUT2D eigenvalue weighted by molar-refractivity contribution is 7.12. The van der Waals surface area contributed by atoms with Crippen LogP contribution in [0.3, 0.4) is 0 Å². The summed E-state index contributed by atoms with van der Waals surface area (Å²) in [6.07, 6.45) is 1.48. The van der Waals surface area contributed by atoms with Crippen molar-refractivity contribution < 1.29 is 13.9 Å². The Hall–Kier alpha value is -3.23. The number of nitrogens with one attached hydrogen (secondary N) is 1. The molecule has 6 nitrogen and oxygen atoms in total. The molecule has 9 heteroatoms. The Morgan fingerprint density at radius 2 is 2.03 bits per heavy atom. The monoisotopic (exact) mass is 484 g/mol. The average molecular weight is 485 g/mol. The molecule has 0 aliphatic heterocycles. The minimum absolute atomic E-state index is 0.176. The molecule has 0 aliphatic carbocycles. The van der Waals surface area contributed by atoms with Crippen molar-refractivity contribution in [1.82, 2.24) is 14.8 Å². The summed E-state index contributed by atoms with van der Waals surface area (Å²) in [5.41, 5.74) is 5.05. The molecule has 1 N–H and O–H groups in total. The standard InChI is InChI=1S/C24H22ClFN4O2S/c1-14-6-15(2)16(3)21(7-14)32-11-17-8-22(33-12-17)23(31)28-24-27-13-30(29-24)10-18-4-5-19(26)9-20(18)25/h4-9,12-13H,10-11H2,1-3H3,(H,28,29,31). The van der Waals surface area contributed by atoms with Crippen LogP contribution in [0.2, 0.25) is 5.02 Å². The van der Waals surface area contributed by atoms with Crippen LogP contribution in [-0.4, -0.2) is 20.7 Å². The van der Waals surface area contributed by atoms with Gasteiger partial charge in [0.2, 0.25) is 5.95 Å². The van der Waals surface area contributed by atoms with Gasteiger partial charge in [0.05, 0.1) is 11.4 Å². The van der Waals surface area contributed by atoms with Crippen molar-refractivity contribution in [3.8, 4) is 5.75 Å². The first-order chi connectivity index (χ1) is 15.8. The third-order valence-electron chi connectivity index (χ3n) is 5.15. The third kappa shape index (κ3) is 5.58. The highest BCUT2D eigenvalue weighted by Gasteiger charge is 2.13. The molecule has 0 fully saturated rings. The second-order valence-corrected chi connectivity index (χ2v) is 9.09. The van der Waals surface area contributed by atoms with E-state index in [1.54, 1.807) is 12.1 Å². The quantitative estimate of drug-likeness (QED) is 0.352. The van der Waals surface area contributed by atoms with E-state index in [0.717, 1.165) is 22.4 Å². The molecule has 0 unspecified atom stereocenters. The van der Waals surface area contributed by atoms with Crippen LogP contribution >= 0.6 is 22.9 Å². The predicted octanol–water partition coefficient (Wildman–Crippen LogP) is 5.94. The number of carbonyl (C=O) groups excluding carboxylic acids is 1. The van der Waals surface area contributed by atoms with E-state index in [-0.39, 0.29) is 11.9 Å². The van der Waals surface area contributed by atoms with Gasteiger partial charge in [-0.1, -0.05) is 23.7 Å². The maximum absolute atomic E-state index is 13.2. The molecule has 2 aromatic carbocycles. The number of rotatable bonds is 7. The maximum Gasteiger partial charge on any atom is 0.268 e. The molecule has 0 atom stereocenters. The normalized spacial score (nSPS) is 10.9. The van der Waals surface area contributed by atoms with Gasteiger partial charge in [0, 0.05) is 10.6 Å². The smallest absolute Gasteiger partial charge is 0.268 e. The molecule has 33 heavy (non-hydrogen) atoms. The van der Waals surface area contributed by atoms with Crippen molar-refractivity contribution in [2.75, 3.05) is 5.32 Å². The van der Waals surface area contributed by atoms with E-state index in [9.17, 15) is 9.18 Å². The maximum atomic E-state index is 13.2. The summed E-state index contributed by atoms with van der Waals surface area (Å²) in [5, 5.41) is 9.14. The van der Waals surface area contributed by atoms with Crippen LogP contribution in [0.1, 0.15) is 37.5 Å². The van der Waals surface area contributed by atoms with Crippen LogP contribution < -0.4 is 10.1 Å². The number of hydrogen-bond donors (Lipinski definition) is 1. The summed E-state index contributed by atoms with van der Waals surface area (Å²) in [6, 6.07) is 10.1. The lowest BCUT2D eigenvalue weighted by molar-refractivity contribution is 0.102. The highest BCUT2D eigenvalue weighted by atomic mass is 35.5. The zero-order chi connectivity index (χ0) is 23.5. The number of aryl methyl sites for hydroxylation is 2. The number of anilines is 1. The zero-order valence-electron chi connectivity index (χ0n) is 18.4. The van der Waals surface area contributed by atoms with E-state index < -0.39 is 5.82 Å². The van der Waals surface area contributed by atoms with Crippen molar-refractivity contribution in [3.63, 3.8) is 0 Å². The van der Waals surface area contributed by atoms with Crippen molar-refractivity contribution in [1.29, 1.82) is 0 Å². The van der Waals surface area contributed by atoms with Crippen LogP contribution in [0.5, 0.6) is 5.75 Å². The van der Waals surface area contributed by atoms with Gasteiger partial charge in [-0.15, -0.1) is 16.4 Å². The molecule has 1 amide bonds. The third-order valence-corrected chi connectivity index (χ3v) is 6.47. The Kier molecular flexibility index (Phi) is 6.76. The first kappa shape index (κ1) is 22.9. The molecule has 170 valence electrons. The van der Waals surface area contributed by atoms with Gasteiger partial charge in [0.15, 0.2) is 0 Å². The molecule has 0 spiro atoms. The number of amides is 1. The number of halogens is 2. The van der Waals surface area contributed by atoms with Crippen LogP contribution in [0.25, 0.3) is 0 Å². The number of aromatic nitrogens is 3. The van der Waals surface area contributed by atoms with Crippen molar-refractivity contribution in [2.45, 2.75) is 33.9 Å². The molecular formula is C24H22ClFN4O2S. The van der Waals surface area contributed by atoms with Gasteiger partial charge in [-0.25, -0.2) is 14.1 Å². The van der Waals surface area contributed by atoms with E-state index in [4.69, 9.17) is 16.3 Å². The molecule has 2 heterocycles. The first-order valence-corrected chi connectivity index (χ1v) is 11.5. The Morgan fingerprint density at radius 3 is 2.82 bits per heavy atom. The van der Waals surface area contributed by atoms with E-state index in [1.807, 2.05) is 25.3 Å². The van der Waals surface area contributed by atoms with Gasteiger partial charge < -0.3 is 4.74 Å². The molecule has 0 saturated carbocycles. The summed E-state index contributed by atoms with van der Waals surface area (Å²) in [4.78, 5) is 17.3. The first-order valence-electron chi connectivity index (χ1n) is 10.2. The molecule has 2 aromatic heterocycles. The number of thiophene rings is 1. The van der Waals surface area contributed by atoms with Crippen LogP contribution in [0.4, 0.5) is 10.3 Å². The van der Waals surface area contributed by atoms with E-state index in [0.29, 0.717) is 28.6 Å². The fraction of sp³-hybridized carbons (Fsp3) is 0.208. The van der Waals surface area contributed by atoms with Crippen molar-refractivity contribution in [3.05, 3.63) is 91.6 Å². The van der Waals surface area contributed by atoms with E-state index in [2.05, 4.69) is 28.4 Å². The van der Waals surface area contributed by atoms with Crippen molar-refractivity contribution in [2.24, 2.45) is 0 Å². The minimum atomic E-state index is -0.403. The summed E-state index contributed by atoms with van der Waals surface area (Å²) in [7, 11) is 0. The Balaban J connectivity index is 1.36. The molecule has 4 aromatic rings. The lowest BCUT2D eigenvalue weighted by Crippen LogP contribution is -2.12. The van der Waals surface area contributed by atoms with Crippen LogP contribution in [0.15, 0.2) is 48.1 Å². The van der Waals surface area contributed by atoms with Crippen molar-refractivity contribution >= 4 is 34.8 Å². The number of nitrogens with zero attached hydrogens (tertiary/aromatic N) is 3. The molecule has 0 aliphatic rings. The van der Waals surface area contributed by atoms with Crippen LogP contribution in [-0.2, 0) is 13.2 Å². The number of carbonyl (C=O) groups is 1. The SMILES string of the molecule is Cc1cc(C)c(C)c(OCc2csc(C(=O)Nc3ncn(Cc4ccc(F)cc4Cl)n3)c2)c1. The summed E-state index contributed by atoms with van der Waals surface area (Å²) >= 11 is 7.39. The lowest BCUT2D eigenvalue weighted by Gasteiger charge is -2.11. The minimum Gasteiger partial charge on any atom is -0.489 e. The van der Waals surface area contributed by atoms with Crippen LogP contribution in [0, 0.1) is 26.6 Å². The van der Waals surface area contributed by atoms with Gasteiger partial charge in [-0.05, 0) is 72.7 Å². The summed E-state index contributed by atoms with van der Waals surface area (Å²) < 4.78 is 20.7. The fourth-order valence-electron chi connectivity index (χ4n) is 3.30. The molecule has 0 bridgehead atoms. The van der Waals surface area contributed by atoms with E-state index >= 15 is 0 Å². The van der Waals surface area contributed by atoms with Gasteiger partial charge in [0.25, 0.3) is 5.91 Å².